The van der Waals surface area contributed by atoms with E-state index in [1.165, 1.54) is 8.99 Å². The number of ether oxygens (including phenoxy) is 1. The highest BCUT2D eigenvalue weighted by atomic mass is 35.5. The lowest BCUT2D eigenvalue weighted by Gasteiger charge is -2.41. The zero-order valence-corrected chi connectivity index (χ0v) is 18.4. The molecule has 1 N–H and O–H groups in total. The van der Waals surface area contributed by atoms with Gasteiger partial charge in [-0.2, -0.15) is 9.40 Å². The molecule has 1 saturated heterocycles. The quantitative estimate of drug-likeness (QED) is 0.791. The second kappa shape index (κ2) is 7.27. The largest absolute Gasteiger partial charge is 0.497 e. The molecule has 9 heteroatoms. The van der Waals surface area contributed by atoms with Gasteiger partial charge in [-0.25, -0.2) is 8.42 Å². The van der Waals surface area contributed by atoms with Crippen molar-refractivity contribution in [1.82, 2.24) is 14.1 Å². The Morgan fingerprint density at radius 2 is 2.10 bits per heavy atom. The van der Waals surface area contributed by atoms with E-state index < -0.39 is 15.6 Å². The molecule has 1 aliphatic heterocycles. The van der Waals surface area contributed by atoms with Gasteiger partial charge in [0.1, 0.15) is 15.8 Å². The predicted octanol–water partition coefficient (Wildman–Crippen LogP) is 2.70. The smallest absolute Gasteiger partial charge is 0.248 e. The summed E-state index contributed by atoms with van der Waals surface area (Å²) in [5.41, 5.74) is 0.0759. The van der Waals surface area contributed by atoms with Crippen LogP contribution in [0.15, 0.2) is 29.2 Å². The summed E-state index contributed by atoms with van der Waals surface area (Å²) in [4.78, 5) is 0.0604. The van der Waals surface area contributed by atoms with Crippen LogP contribution >= 0.6 is 11.6 Å². The van der Waals surface area contributed by atoms with E-state index in [1.54, 1.807) is 21.1 Å². The van der Waals surface area contributed by atoms with Gasteiger partial charge in [0.2, 0.25) is 10.0 Å². The van der Waals surface area contributed by atoms with Crippen LogP contribution in [0.1, 0.15) is 30.5 Å². The van der Waals surface area contributed by atoms with Crippen molar-refractivity contribution < 1.29 is 18.3 Å². The number of hydrogen-bond donors (Lipinski definition) is 1. The number of benzene rings is 1. The summed E-state index contributed by atoms with van der Waals surface area (Å²) in [6, 6.07) is 7.44. The van der Waals surface area contributed by atoms with Gasteiger partial charge in [-0.15, -0.1) is 0 Å². The fourth-order valence-corrected chi connectivity index (χ4v) is 7.19. The zero-order chi connectivity index (χ0) is 21.0. The minimum absolute atomic E-state index is 0.0604. The molecule has 1 aromatic heterocycles. The first-order valence-corrected chi connectivity index (χ1v) is 11.6. The Morgan fingerprint density at radius 1 is 1.34 bits per heavy atom. The van der Waals surface area contributed by atoms with Gasteiger partial charge in [-0.05, 0) is 49.8 Å². The van der Waals surface area contributed by atoms with Gasteiger partial charge in [0.15, 0.2) is 0 Å². The third-order valence-corrected chi connectivity index (χ3v) is 8.95. The van der Waals surface area contributed by atoms with E-state index >= 15 is 0 Å². The summed E-state index contributed by atoms with van der Waals surface area (Å²) in [5, 5.41) is 15.9. The van der Waals surface area contributed by atoms with Gasteiger partial charge in [0.25, 0.3) is 0 Å². The van der Waals surface area contributed by atoms with Crippen molar-refractivity contribution in [3.63, 3.8) is 0 Å². The highest BCUT2D eigenvalue weighted by Crippen LogP contribution is 2.49. The first kappa shape index (κ1) is 20.7. The number of rotatable bonds is 4. The van der Waals surface area contributed by atoms with E-state index in [9.17, 15) is 13.5 Å². The van der Waals surface area contributed by atoms with Crippen molar-refractivity contribution in [2.45, 2.75) is 36.7 Å². The Balaban J connectivity index is 1.69. The molecule has 0 unspecified atom stereocenters. The van der Waals surface area contributed by atoms with E-state index in [2.05, 4.69) is 5.10 Å². The molecule has 2 aromatic rings. The summed E-state index contributed by atoms with van der Waals surface area (Å²) < 4.78 is 34.9. The van der Waals surface area contributed by atoms with Crippen molar-refractivity contribution in [2.75, 3.05) is 20.2 Å². The van der Waals surface area contributed by atoms with Crippen molar-refractivity contribution in [1.29, 1.82) is 0 Å². The normalized spacial score (nSPS) is 27.8. The molecule has 158 valence electrons. The number of aromatic nitrogens is 2. The Hall–Kier alpha value is -1.61. The Bertz CT molecular complexity index is 1040. The summed E-state index contributed by atoms with van der Waals surface area (Å²) in [6.45, 7) is 2.28. The molecule has 2 aliphatic rings. The van der Waals surface area contributed by atoms with E-state index in [4.69, 9.17) is 16.3 Å². The van der Waals surface area contributed by atoms with Gasteiger partial charge in [0.05, 0.1) is 18.4 Å². The number of hydrogen-bond acceptors (Lipinski definition) is 5. The molecule has 0 spiro atoms. The SMILES string of the molecule is COc1cccc([C@]2(O)CCC[C@H]3CN(S(=O)(=O)c4c(C)nn(C)c4Cl)C[C@@H]32)c1. The fraction of sp³-hybridized carbons (Fsp3) is 0.550. The number of methoxy groups -OCH3 is 1. The molecule has 3 atom stereocenters. The van der Waals surface area contributed by atoms with Crippen LogP contribution in [0, 0.1) is 18.8 Å². The van der Waals surface area contributed by atoms with E-state index in [0.29, 0.717) is 24.4 Å². The molecule has 1 saturated carbocycles. The average Bonchev–Trinajstić information content (AvgIpc) is 3.24. The van der Waals surface area contributed by atoms with Crippen molar-refractivity contribution in [3.8, 4) is 5.75 Å². The van der Waals surface area contributed by atoms with Crippen LogP contribution in [-0.4, -0.2) is 47.8 Å². The second-order valence-electron chi connectivity index (χ2n) is 8.07. The lowest BCUT2D eigenvalue weighted by Crippen LogP contribution is -2.43. The fourth-order valence-electron chi connectivity index (χ4n) is 4.96. The molecule has 1 aliphatic carbocycles. The highest BCUT2D eigenvalue weighted by molar-refractivity contribution is 7.89. The van der Waals surface area contributed by atoms with Crippen LogP contribution < -0.4 is 4.74 Å². The van der Waals surface area contributed by atoms with Gasteiger partial charge >= 0.3 is 0 Å². The van der Waals surface area contributed by atoms with Gasteiger partial charge < -0.3 is 9.84 Å². The summed E-state index contributed by atoms with van der Waals surface area (Å²) in [6.07, 6.45) is 2.33. The van der Waals surface area contributed by atoms with Crippen LogP contribution in [0.5, 0.6) is 5.75 Å². The monoisotopic (exact) mass is 439 g/mol. The number of aliphatic hydroxyl groups is 1. The summed E-state index contributed by atoms with van der Waals surface area (Å²) in [5.74, 6) is 0.581. The Labute approximate surface area is 176 Å². The number of fused-ring (bicyclic) bond motifs is 1. The third-order valence-electron chi connectivity index (χ3n) is 6.42. The van der Waals surface area contributed by atoms with E-state index in [-0.39, 0.29) is 28.4 Å². The molecule has 0 bridgehead atoms. The number of sulfonamides is 1. The lowest BCUT2D eigenvalue weighted by molar-refractivity contribution is -0.0641. The molecule has 2 fully saturated rings. The van der Waals surface area contributed by atoms with E-state index in [0.717, 1.165) is 18.4 Å². The first-order valence-electron chi connectivity index (χ1n) is 9.74. The van der Waals surface area contributed by atoms with Gasteiger partial charge in [0, 0.05) is 26.1 Å². The minimum atomic E-state index is -3.80. The van der Waals surface area contributed by atoms with Crippen LogP contribution in [0.2, 0.25) is 5.15 Å². The minimum Gasteiger partial charge on any atom is -0.497 e. The third kappa shape index (κ3) is 3.26. The molecule has 0 radical (unpaired) electrons. The van der Waals surface area contributed by atoms with Crippen molar-refractivity contribution >= 4 is 21.6 Å². The molecular formula is C20H26ClN3O4S. The number of halogens is 1. The Kier molecular flexibility index (Phi) is 5.17. The second-order valence-corrected chi connectivity index (χ2v) is 10.3. The van der Waals surface area contributed by atoms with E-state index in [1.807, 2.05) is 24.3 Å². The molecule has 7 nitrogen and oxygen atoms in total. The van der Waals surface area contributed by atoms with Gasteiger partial charge in [-0.1, -0.05) is 23.7 Å². The maximum atomic E-state index is 13.4. The molecule has 2 heterocycles. The van der Waals surface area contributed by atoms with Crippen LogP contribution in [0.4, 0.5) is 0 Å². The maximum absolute atomic E-state index is 13.4. The highest BCUT2D eigenvalue weighted by Gasteiger charge is 2.52. The molecule has 29 heavy (non-hydrogen) atoms. The van der Waals surface area contributed by atoms with Crippen molar-refractivity contribution in [3.05, 3.63) is 40.7 Å². The molecule has 0 amide bonds. The lowest BCUT2D eigenvalue weighted by atomic mass is 9.67. The topological polar surface area (TPSA) is 84.7 Å². The predicted molar refractivity (Wildman–Crippen MR) is 109 cm³/mol. The summed E-state index contributed by atoms with van der Waals surface area (Å²) in [7, 11) is -0.582. The first-order chi connectivity index (χ1) is 13.7. The average molecular weight is 440 g/mol. The van der Waals surface area contributed by atoms with Gasteiger partial charge in [-0.3, -0.25) is 4.68 Å². The van der Waals surface area contributed by atoms with Crippen LogP contribution in [-0.2, 0) is 22.7 Å². The number of aryl methyl sites for hydroxylation is 2. The Morgan fingerprint density at radius 3 is 2.76 bits per heavy atom. The number of nitrogens with zero attached hydrogens (tertiary/aromatic N) is 3. The molecule has 1 aromatic carbocycles. The molecule has 4 rings (SSSR count). The summed E-state index contributed by atoms with van der Waals surface area (Å²) >= 11 is 6.25. The van der Waals surface area contributed by atoms with Crippen LogP contribution in [0.25, 0.3) is 0 Å². The molecular weight excluding hydrogens is 414 g/mol. The van der Waals surface area contributed by atoms with Crippen LogP contribution in [0.3, 0.4) is 0 Å². The van der Waals surface area contributed by atoms with Crippen molar-refractivity contribution in [2.24, 2.45) is 18.9 Å². The standard InChI is InChI=1S/C20H26ClN3O4S/c1-13-18(19(21)23(2)22-13)29(26,27)24-11-14-6-5-9-20(25,17(14)12-24)15-7-4-8-16(10-15)28-3/h4,7-8,10,14,17,25H,5-6,9,11-12H2,1-3H3/t14-,17-,20+/m0/s1. The maximum Gasteiger partial charge on any atom is 0.248 e. The zero-order valence-electron chi connectivity index (χ0n) is 16.8.